The number of carbonyl (C=O) groups excluding carboxylic acids is 2. The highest BCUT2D eigenvalue weighted by atomic mass is 19.4. The molecule has 1 aliphatic heterocycles. The van der Waals surface area contributed by atoms with E-state index >= 15 is 0 Å². The summed E-state index contributed by atoms with van der Waals surface area (Å²) in [4.78, 5) is 27.8. The average molecular weight is 513 g/mol. The lowest BCUT2D eigenvalue weighted by Crippen LogP contribution is -2.64. The fourth-order valence-corrected chi connectivity index (χ4v) is 5.56. The number of hydrogen-bond acceptors (Lipinski definition) is 4. The summed E-state index contributed by atoms with van der Waals surface area (Å²) in [6, 6.07) is 11.2. The molecule has 3 aromatic rings. The zero-order valence-electron chi connectivity index (χ0n) is 20.5. The van der Waals surface area contributed by atoms with Crippen LogP contribution < -0.4 is 5.32 Å². The quantitative estimate of drug-likeness (QED) is 0.533. The smallest absolute Gasteiger partial charge is 0.435 e. The number of para-hydroxylation sites is 1. The van der Waals surface area contributed by atoms with Crippen LogP contribution in [0.4, 0.5) is 13.2 Å². The van der Waals surface area contributed by atoms with Crippen molar-refractivity contribution < 1.29 is 27.9 Å². The summed E-state index contributed by atoms with van der Waals surface area (Å²) < 4.78 is 42.3. The number of nitrogens with zero attached hydrogens (tertiary/aromatic N) is 3. The third-order valence-electron chi connectivity index (χ3n) is 7.50. The van der Waals surface area contributed by atoms with Gasteiger partial charge in [0.05, 0.1) is 11.3 Å². The third kappa shape index (κ3) is 4.45. The number of phenols is 1. The summed E-state index contributed by atoms with van der Waals surface area (Å²) in [7, 11) is 0. The summed E-state index contributed by atoms with van der Waals surface area (Å²) in [6.45, 7) is 4.28. The fraction of sp³-hybridized carbons (Fsp3) is 0.370. The van der Waals surface area contributed by atoms with Crippen LogP contribution in [-0.2, 0) is 6.18 Å². The highest BCUT2D eigenvalue weighted by Gasteiger charge is 2.53. The molecule has 1 saturated carbocycles. The largest absolute Gasteiger partial charge is 0.507 e. The van der Waals surface area contributed by atoms with Gasteiger partial charge in [0, 0.05) is 36.3 Å². The standard InChI is InChI=1S/C27H27F3N4O3/c1-16-11-18(12-17(2)22(16)35)25(37)33-14-26(15-33)10-6-9-21(26)31-24(36)20-13-34(19-7-4-3-5-8-19)32-23(20)27(28,29)30/h3-5,7-8,11-13,21,35H,6,9-10,14-15H2,1-2H3,(H,31,36). The van der Waals surface area contributed by atoms with E-state index in [0.717, 1.165) is 23.7 Å². The van der Waals surface area contributed by atoms with Crippen molar-refractivity contribution >= 4 is 11.8 Å². The van der Waals surface area contributed by atoms with Gasteiger partial charge in [-0.1, -0.05) is 24.6 Å². The van der Waals surface area contributed by atoms with Gasteiger partial charge in [0.2, 0.25) is 0 Å². The predicted octanol–water partition coefficient (Wildman–Crippen LogP) is 4.64. The first kappa shape index (κ1) is 24.9. The molecule has 1 spiro atoms. The van der Waals surface area contributed by atoms with Crippen LogP contribution in [0.5, 0.6) is 5.75 Å². The Balaban J connectivity index is 1.33. The minimum absolute atomic E-state index is 0.156. The molecule has 10 heteroatoms. The van der Waals surface area contributed by atoms with Gasteiger partial charge < -0.3 is 15.3 Å². The Morgan fingerprint density at radius 1 is 1.11 bits per heavy atom. The zero-order valence-corrected chi connectivity index (χ0v) is 20.5. The van der Waals surface area contributed by atoms with Gasteiger partial charge in [0.25, 0.3) is 11.8 Å². The van der Waals surface area contributed by atoms with Crippen LogP contribution in [0.2, 0.25) is 0 Å². The Morgan fingerprint density at radius 2 is 1.76 bits per heavy atom. The molecule has 1 atom stereocenters. The molecule has 2 heterocycles. The van der Waals surface area contributed by atoms with Crippen LogP contribution in [0.15, 0.2) is 48.7 Å². The summed E-state index contributed by atoms with van der Waals surface area (Å²) in [6.07, 6.45) is -1.48. The van der Waals surface area contributed by atoms with Gasteiger partial charge in [-0.15, -0.1) is 0 Å². The Hall–Kier alpha value is -3.82. The second kappa shape index (κ2) is 8.93. The Morgan fingerprint density at radius 3 is 2.38 bits per heavy atom. The summed E-state index contributed by atoms with van der Waals surface area (Å²) >= 11 is 0. The van der Waals surface area contributed by atoms with E-state index in [-0.39, 0.29) is 23.1 Å². The SMILES string of the molecule is Cc1cc(C(=O)N2CC3(CCCC3NC(=O)c3cn(-c4ccccc4)nc3C(F)(F)F)C2)cc(C)c1O. The molecule has 1 unspecified atom stereocenters. The summed E-state index contributed by atoms with van der Waals surface area (Å²) in [5.41, 5.74) is -0.0194. The van der Waals surface area contributed by atoms with Gasteiger partial charge in [-0.25, -0.2) is 4.68 Å². The van der Waals surface area contributed by atoms with Crippen molar-refractivity contribution in [1.29, 1.82) is 0 Å². The molecule has 1 aliphatic carbocycles. The lowest BCUT2D eigenvalue weighted by Gasteiger charge is -2.51. The first-order valence-corrected chi connectivity index (χ1v) is 12.1. The number of phenolic OH excluding ortho intramolecular Hbond substituents is 1. The van der Waals surface area contributed by atoms with Crippen molar-refractivity contribution in [3.63, 3.8) is 0 Å². The topological polar surface area (TPSA) is 87.5 Å². The van der Waals surface area contributed by atoms with Crippen LogP contribution in [0.3, 0.4) is 0 Å². The number of alkyl halides is 3. The number of hydrogen-bond donors (Lipinski definition) is 2. The molecule has 2 fully saturated rings. The van der Waals surface area contributed by atoms with Gasteiger partial charge in [-0.05, 0) is 62.1 Å². The maximum absolute atomic E-state index is 13.7. The van der Waals surface area contributed by atoms with Gasteiger partial charge >= 0.3 is 6.18 Å². The van der Waals surface area contributed by atoms with Gasteiger partial charge in [0.15, 0.2) is 5.69 Å². The van der Waals surface area contributed by atoms with E-state index in [1.165, 1.54) is 0 Å². The molecule has 194 valence electrons. The number of likely N-dealkylation sites (tertiary alicyclic amines) is 1. The number of carbonyl (C=O) groups is 2. The van der Waals surface area contributed by atoms with E-state index in [2.05, 4.69) is 10.4 Å². The van der Waals surface area contributed by atoms with E-state index in [1.807, 2.05) is 0 Å². The predicted molar refractivity (Wildman–Crippen MR) is 130 cm³/mol. The highest BCUT2D eigenvalue weighted by Crippen LogP contribution is 2.46. The number of rotatable bonds is 4. The minimum Gasteiger partial charge on any atom is -0.507 e. The van der Waals surface area contributed by atoms with Crippen molar-refractivity contribution in [2.24, 2.45) is 5.41 Å². The van der Waals surface area contributed by atoms with E-state index in [9.17, 15) is 27.9 Å². The molecule has 37 heavy (non-hydrogen) atoms. The molecule has 5 rings (SSSR count). The molecule has 1 aromatic heterocycles. The van der Waals surface area contributed by atoms with Crippen molar-refractivity contribution in [2.45, 2.75) is 45.3 Å². The minimum atomic E-state index is -4.79. The number of amides is 2. The number of aryl methyl sites for hydroxylation is 2. The molecule has 2 N–H and O–H groups in total. The van der Waals surface area contributed by atoms with Crippen molar-refractivity contribution in [2.75, 3.05) is 13.1 Å². The molecule has 2 amide bonds. The summed E-state index contributed by atoms with van der Waals surface area (Å²) in [5, 5.41) is 16.5. The van der Waals surface area contributed by atoms with Crippen LogP contribution in [0, 0.1) is 19.3 Å². The number of aromatic hydroxyl groups is 1. The van der Waals surface area contributed by atoms with E-state index < -0.39 is 23.3 Å². The number of aromatic nitrogens is 2. The maximum atomic E-state index is 13.7. The molecule has 2 aliphatic rings. The van der Waals surface area contributed by atoms with Gasteiger partial charge in [-0.2, -0.15) is 18.3 Å². The highest BCUT2D eigenvalue weighted by molar-refractivity contribution is 5.96. The average Bonchev–Trinajstić information content (AvgIpc) is 3.46. The Kier molecular flexibility index (Phi) is 6.00. The van der Waals surface area contributed by atoms with Crippen LogP contribution in [-0.4, -0.2) is 50.7 Å². The van der Waals surface area contributed by atoms with Crippen LogP contribution in [0.1, 0.15) is 56.8 Å². The number of nitrogens with one attached hydrogen (secondary N) is 1. The molecular formula is C27H27F3N4O3. The van der Waals surface area contributed by atoms with Crippen molar-refractivity contribution in [3.05, 3.63) is 76.6 Å². The molecule has 0 bridgehead atoms. The first-order chi connectivity index (χ1) is 17.5. The summed E-state index contributed by atoms with van der Waals surface area (Å²) in [5.74, 6) is -0.836. The number of benzene rings is 2. The zero-order chi connectivity index (χ0) is 26.5. The third-order valence-corrected chi connectivity index (χ3v) is 7.50. The maximum Gasteiger partial charge on any atom is 0.435 e. The monoisotopic (exact) mass is 512 g/mol. The lowest BCUT2D eigenvalue weighted by atomic mass is 9.74. The first-order valence-electron chi connectivity index (χ1n) is 12.1. The van der Waals surface area contributed by atoms with E-state index in [1.54, 1.807) is 61.2 Å². The van der Waals surface area contributed by atoms with E-state index in [0.29, 0.717) is 41.9 Å². The molecule has 2 aromatic carbocycles. The van der Waals surface area contributed by atoms with Gasteiger partial charge in [-0.3, -0.25) is 9.59 Å². The fourth-order valence-electron chi connectivity index (χ4n) is 5.56. The Labute approximate surface area is 211 Å². The van der Waals surface area contributed by atoms with Crippen LogP contribution >= 0.6 is 0 Å². The van der Waals surface area contributed by atoms with Gasteiger partial charge in [0.1, 0.15) is 5.75 Å². The lowest BCUT2D eigenvalue weighted by molar-refractivity contribution is -0.141. The molecule has 0 radical (unpaired) electrons. The molecular weight excluding hydrogens is 485 g/mol. The molecule has 1 saturated heterocycles. The second-order valence-electron chi connectivity index (χ2n) is 10.1. The van der Waals surface area contributed by atoms with Crippen LogP contribution in [0.25, 0.3) is 5.69 Å². The van der Waals surface area contributed by atoms with E-state index in [4.69, 9.17) is 0 Å². The van der Waals surface area contributed by atoms with Crippen molar-refractivity contribution in [1.82, 2.24) is 20.0 Å². The normalized spacial score (nSPS) is 18.6. The van der Waals surface area contributed by atoms with Crippen molar-refractivity contribution in [3.8, 4) is 11.4 Å². The molecule has 7 nitrogen and oxygen atoms in total. The second-order valence-corrected chi connectivity index (χ2v) is 10.1. The Bertz CT molecular complexity index is 1340. The number of halogens is 3.